The molecular weight excluding hydrogens is 324 g/mol. The monoisotopic (exact) mass is 349 g/mol. The van der Waals surface area contributed by atoms with Crippen LogP contribution >= 0.6 is 0 Å². The summed E-state index contributed by atoms with van der Waals surface area (Å²) in [6, 6.07) is 22.5. The average molecular weight is 349 g/mol. The molecule has 2 N–H and O–H groups in total. The van der Waals surface area contributed by atoms with Crippen LogP contribution in [0.1, 0.15) is 16.8 Å². The fourth-order valence-corrected chi connectivity index (χ4v) is 2.79. The van der Waals surface area contributed by atoms with Gasteiger partial charge in [0.25, 0.3) is 0 Å². The molecule has 0 aliphatic heterocycles. The SMILES string of the molecule is COc1cc(C[NH2+]Cc2ccccn2)ccc1OCCc1ccccc1. The van der Waals surface area contributed by atoms with Crippen molar-refractivity contribution in [1.82, 2.24) is 4.98 Å². The Balaban J connectivity index is 1.51. The molecule has 4 nitrogen and oxygen atoms in total. The minimum Gasteiger partial charge on any atom is -0.493 e. The first-order valence-corrected chi connectivity index (χ1v) is 8.90. The first-order chi connectivity index (χ1) is 12.8. The Hall–Kier alpha value is -2.85. The molecule has 134 valence electrons. The molecule has 0 unspecified atom stereocenters. The minimum absolute atomic E-state index is 0.630. The van der Waals surface area contributed by atoms with Gasteiger partial charge in [0.1, 0.15) is 13.1 Å². The Morgan fingerprint density at radius 2 is 1.69 bits per heavy atom. The Morgan fingerprint density at radius 3 is 2.46 bits per heavy atom. The van der Waals surface area contributed by atoms with Gasteiger partial charge in [-0.25, -0.2) is 0 Å². The van der Waals surface area contributed by atoms with Crippen LogP contribution in [0.5, 0.6) is 11.5 Å². The van der Waals surface area contributed by atoms with E-state index in [0.29, 0.717) is 6.61 Å². The van der Waals surface area contributed by atoms with Gasteiger partial charge in [-0.3, -0.25) is 4.98 Å². The fraction of sp³-hybridized carbons (Fsp3) is 0.227. The normalized spacial score (nSPS) is 10.5. The standard InChI is InChI=1S/C22H24N2O2/c1-25-22-15-19(16-23-17-20-9-5-6-13-24-20)10-11-21(22)26-14-12-18-7-3-2-4-8-18/h2-11,13,15,23H,12,14,16-17H2,1H3/p+1. The molecule has 0 radical (unpaired) electrons. The highest BCUT2D eigenvalue weighted by Crippen LogP contribution is 2.28. The predicted molar refractivity (Wildman–Crippen MR) is 102 cm³/mol. The van der Waals surface area contributed by atoms with Crippen molar-refractivity contribution in [3.8, 4) is 11.5 Å². The number of aromatic nitrogens is 1. The quantitative estimate of drug-likeness (QED) is 0.646. The molecule has 0 atom stereocenters. The van der Waals surface area contributed by atoms with Crippen molar-refractivity contribution < 1.29 is 14.8 Å². The van der Waals surface area contributed by atoms with Crippen LogP contribution < -0.4 is 14.8 Å². The summed E-state index contributed by atoms with van der Waals surface area (Å²) in [6.45, 7) is 2.36. The molecule has 3 rings (SSSR count). The fourth-order valence-electron chi connectivity index (χ4n) is 2.79. The molecule has 0 aliphatic rings. The van der Waals surface area contributed by atoms with E-state index in [1.54, 1.807) is 7.11 Å². The molecule has 26 heavy (non-hydrogen) atoms. The first-order valence-electron chi connectivity index (χ1n) is 8.90. The van der Waals surface area contributed by atoms with Gasteiger partial charge in [0, 0.05) is 18.2 Å². The topological polar surface area (TPSA) is 48.0 Å². The third kappa shape index (κ3) is 5.33. The van der Waals surface area contributed by atoms with E-state index in [0.717, 1.165) is 36.7 Å². The summed E-state index contributed by atoms with van der Waals surface area (Å²) in [6.07, 6.45) is 2.71. The Labute approximate surface area is 154 Å². The van der Waals surface area contributed by atoms with Crippen molar-refractivity contribution in [2.45, 2.75) is 19.5 Å². The van der Waals surface area contributed by atoms with Crippen molar-refractivity contribution in [1.29, 1.82) is 0 Å². The first kappa shape index (κ1) is 18.0. The van der Waals surface area contributed by atoms with Crippen molar-refractivity contribution in [3.05, 3.63) is 89.7 Å². The molecular formula is C22H25N2O2+. The molecule has 2 aromatic carbocycles. The van der Waals surface area contributed by atoms with E-state index in [2.05, 4.69) is 28.5 Å². The van der Waals surface area contributed by atoms with Gasteiger partial charge in [-0.1, -0.05) is 36.4 Å². The highest BCUT2D eigenvalue weighted by Gasteiger charge is 2.07. The third-order valence-corrected chi connectivity index (χ3v) is 4.18. The van der Waals surface area contributed by atoms with E-state index in [-0.39, 0.29) is 0 Å². The zero-order valence-corrected chi connectivity index (χ0v) is 15.1. The van der Waals surface area contributed by atoms with E-state index in [4.69, 9.17) is 9.47 Å². The van der Waals surface area contributed by atoms with Crippen LogP contribution in [0.4, 0.5) is 0 Å². The van der Waals surface area contributed by atoms with Gasteiger partial charge < -0.3 is 14.8 Å². The lowest BCUT2D eigenvalue weighted by atomic mass is 10.1. The maximum atomic E-state index is 5.92. The number of nitrogens with zero attached hydrogens (tertiary/aromatic N) is 1. The zero-order chi connectivity index (χ0) is 18.0. The van der Waals surface area contributed by atoms with Gasteiger partial charge >= 0.3 is 0 Å². The van der Waals surface area contributed by atoms with Gasteiger partial charge in [-0.2, -0.15) is 0 Å². The van der Waals surface area contributed by atoms with Crippen molar-refractivity contribution >= 4 is 0 Å². The van der Waals surface area contributed by atoms with Crippen LogP contribution in [0.2, 0.25) is 0 Å². The summed E-state index contributed by atoms with van der Waals surface area (Å²) in [7, 11) is 1.68. The number of hydrogen-bond donors (Lipinski definition) is 1. The lowest BCUT2D eigenvalue weighted by molar-refractivity contribution is -0.686. The van der Waals surface area contributed by atoms with Crippen LogP contribution in [0, 0.1) is 0 Å². The number of rotatable bonds is 9. The average Bonchev–Trinajstić information content (AvgIpc) is 2.70. The molecule has 1 aromatic heterocycles. The van der Waals surface area contributed by atoms with Gasteiger partial charge in [-0.05, 0) is 35.9 Å². The van der Waals surface area contributed by atoms with Crippen molar-refractivity contribution in [2.24, 2.45) is 0 Å². The van der Waals surface area contributed by atoms with Crippen LogP contribution in [0.25, 0.3) is 0 Å². The summed E-state index contributed by atoms with van der Waals surface area (Å²) in [4.78, 5) is 4.34. The molecule has 0 aliphatic carbocycles. The number of hydrogen-bond acceptors (Lipinski definition) is 3. The van der Waals surface area contributed by atoms with E-state index in [1.807, 2.05) is 54.7 Å². The zero-order valence-electron chi connectivity index (χ0n) is 15.1. The molecule has 1 heterocycles. The maximum Gasteiger partial charge on any atom is 0.161 e. The molecule has 0 spiro atoms. The summed E-state index contributed by atoms with van der Waals surface area (Å²) in [5.74, 6) is 1.57. The van der Waals surface area contributed by atoms with Gasteiger partial charge in [0.15, 0.2) is 11.5 Å². The number of pyridine rings is 1. The predicted octanol–water partition coefficient (Wildman–Crippen LogP) is 2.98. The Kier molecular flexibility index (Phi) is 6.62. The molecule has 0 amide bonds. The maximum absolute atomic E-state index is 5.92. The summed E-state index contributed by atoms with van der Waals surface area (Å²) in [5.41, 5.74) is 3.56. The number of nitrogens with two attached hydrogens (primary N) is 1. The second-order valence-electron chi connectivity index (χ2n) is 6.09. The molecule has 0 saturated carbocycles. The van der Waals surface area contributed by atoms with Gasteiger partial charge in [0.05, 0.1) is 19.4 Å². The Bertz CT molecular complexity index is 792. The number of quaternary nitrogens is 1. The van der Waals surface area contributed by atoms with E-state index < -0.39 is 0 Å². The van der Waals surface area contributed by atoms with Gasteiger partial charge in [0.2, 0.25) is 0 Å². The van der Waals surface area contributed by atoms with E-state index in [9.17, 15) is 0 Å². The lowest BCUT2D eigenvalue weighted by Gasteiger charge is -2.12. The highest BCUT2D eigenvalue weighted by molar-refractivity contribution is 5.42. The molecule has 4 heteroatoms. The second-order valence-corrected chi connectivity index (χ2v) is 6.09. The number of methoxy groups -OCH3 is 1. The smallest absolute Gasteiger partial charge is 0.161 e. The Morgan fingerprint density at radius 1 is 0.846 bits per heavy atom. The molecule has 0 saturated heterocycles. The number of benzene rings is 2. The molecule has 0 bridgehead atoms. The van der Waals surface area contributed by atoms with Crippen molar-refractivity contribution in [3.63, 3.8) is 0 Å². The van der Waals surface area contributed by atoms with E-state index >= 15 is 0 Å². The summed E-state index contributed by atoms with van der Waals surface area (Å²) < 4.78 is 11.4. The minimum atomic E-state index is 0.630. The van der Waals surface area contributed by atoms with Crippen LogP contribution in [0.15, 0.2) is 72.9 Å². The third-order valence-electron chi connectivity index (χ3n) is 4.18. The largest absolute Gasteiger partial charge is 0.493 e. The van der Waals surface area contributed by atoms with Gasteiger partial charge in [-0.15, -0.1) is 0 Å². The van der Waals surface area contributed by atoms with Crippen LogP contribution in [0.3, 0.4) is 0 Å². The van der Waals surface area contributed by atoms with Crippen LogP contribution in [-0.2, 0) is 19.5 Å². The molecule has 3 aromatic rings. The van der Waals surface area contributed by atoms with E-state index in [1.165, 1.54) is 11.1 Å². The van der Waals surface area contributed by atoms with Crippen LogP contribution in [-0.4, -0.2) is 18.7 Å². The summed E-state index contributed by atoms with van der Waals surface area (Å²) in [5, 5.41) is 2.23. The summed E-state index contributed by atoms with van der Waals surface area (Å²) >= 11 is 0. The number of ether oxygens (including phenoxy) is 2. The second kappa shape index (κ2) is 9.59. The molecule has 0 fully saturated rings. The van der Waals surface area contributed by atoms with Crippen molar-refractivity contribution in [2.75, 3.05) is 13.7 Å². The highest BCUT2D eigenvalue weighted by atomic mass is 16.5. The lowest BCUT2D eigenvalue weighted by Crippen LogP contribution is -2.80.